The summed E-state index contributed by atoms with van der Waals surface area (Å²) in [6, 6.07) is 0. The van der Waals surface area contributed by atoms with Gasteiger partial charge < -0.3 is 10.2 Å². The summed E-state index contributed by atoms with van der Waals surface area (Å²) in [4.78, 5) is 14.0. The molecule has 0 aromatic carbocycles. The number of carbonyl (C=O) groups excluding carboxylic acids is 1. The summed E-state index contributed by atoms with van der Waals surface area (Å²) in [5.74, 6) is 0.344. The van der Waals surface area contributed by atoms with E-state index in [0.717, 1.165) is 26.2 Å². The zero-order chi connectivity index (χ0) is 11.8. The second kappa shape index (κ2) is 4.02. The zero-order valence-corrected chi connectivity index (χ0v) is 10.8. The third-order valence-electron chi connectivity index (χ3n) is 3.75. The van der Waals surface area contributed by atoms with Crippen molar-refractivity contribution in [2.45, 2.75) is 40.0 Å². The third-order valence-corrected chi connectivity index (χ3v) is 3.75. The molecule has 2 heterocycles. The summed E-state index contributed by atoms with van der Waals surface area (Å²) in [7, 11) is 0. The van der Waals surface area contributed by atoms with Crippen LogP contribution in [0.3, 0.4) is 0 Å². The minimum absolute atomic E-state index is 0.119. The Bertz CT molecular complexity index is 266. The number of nitrogens with zero attached hydrogens (tertiary/aromatic N) is 1. The summed E-state index contributed by atoms with van der Waals surface area (Å²) < 4.78 is 0. The summed E-state index contributed by atoms with van der Waals surface area (Å²) in [6.07, 6.45) is 3.17. The van der Waals surface area contributed by atoms with E-state index in [1.165, 1.54) is 12.8 Å². The molecule has 0 aromatic rings. The molecule has 0 saturated carbocycles. The molecule has 1 N–H and O–H groups in total. The van der Waals surface area contributed by atoms with Crippen molar-refractivity contribution in [2.24, 2.45) is 10.8 Å². The first-order valence-electron chi connectivity index (χ1n) is 6.39. The number of piperidine rings is 1. The van der Waals surface area contributed by atoms with Crippen LogP contribution < -0.4 is 5.32 Å². The van der Waals surface area contributed by atoms with E-state index in [9.17, 15) is 4.79 Å². The molecular weight excluding hydrogens is 200 g/mol. The Kier molecular flexibility index (Phi) is 2.99. The van der Waals surface area contributed by atoms with E-state index in [1.54, 1.807) is 0 Å². The summed E-state index contributed by atoms with van der Waals surface area (Å²) >= 11 is 0. The smallest absolute Gasteiger partial charge is 0.223 e. The van der Waals surface area contributed by atoms with Crippen LogP contribution in [0.5, 0.6) is 0 Å². The van der Waals surface area contributed by atoms with E-state index >= 15 is 0 Å². The van der Waals surface area contributed by atoms with E-state index in [-0.39, 0.29) is 5.41 Å². The lowest BCUT2D eigenvalue weighted by Crippen LogP contribution is -2.61. The van der Waals surface area contributed by atoms with Gasteiger partial charge in [-0.2, -0.15) is 0 Å². The van der Waals surface area contributed by atoms with Crippen molar-refractivity contribution in [2.75, 3.05) is 26.2 Å². The van der Waals surface area contributed by atoms with Crippen LogP contribution in [0.1, 0.15) is 40.0 Å². The number of amides is 1. The van der Waals surface area contributed by atoms with Gasteiger partial charge in [0.2, 0.25) is 5.91 Å². The highest BCUT2D eigenvalue weighted by molar-refractivity contribution is 5.77. The van der Waals surface area contributed by atoms with Gasteiger partial charge in [-0.25, -0.2) is 0 Å². The van der Waals surface area contributed by atoms with Gasteiger partial charge in [-0.3, -0.25) is 4.79 Å². The molecule has 3 nitrogen and oxygen atoms in total. The van der Waals surface area contributed by atoms with Crippen molar-refractivity contribution >= 4 is 5.91 Å². The Labute approximate surface area is 98.6 Å². The van der Waals surface area contributed by atoms with Crippen LogP contribution in [0.2, 0.25) is 0 Å². The molecule has 2 saturated heterocycles. The lowest BCUT2D eigenvalue weighted by Gasteiger charge is -2.53. The largest absolute Gasteiger partial charge is 0.341 e. The quantitative estimate of drug-likeness (QED) is 0.734. The molecule has 2 rings (SSSR count). The molecule has 1 spiro atoms. The molecular formula is C13H24N2O. The van der Waals surface area contributed by atoms with Crippen LogP contribution in [0.25, 0.3) is 0 Å². The molecule has 2 fully saturated rings. The number of nitrogens with one attached hydrogen (secondary N) is 1. The maximum atomic E-state index is 12.0. The molecule has 0 atom stereocenters. The molecule has 92 valence electrons. The normalized spacial score (nSPS) is 24.3. The van der Waals surface area contributed by atoms with Crippen molar-refractivity contribution in [3.8, 4) is 0 Å². The highest BCUT2D eigenvalue weighted by Gasteiger charge is 2.45. The fourth-order valence-electron chi connectivity index (χ4n) is 2.78. The maximum absolute atomic E-state index is 12.0. The van der Waals surface area contributed by atoms with Crippen LogP contribution in [0.15, 0.2) is 0 Å². The number of hydrogen-bond donors (Lipinski definition) is 1. The van der Waals surface area contributed by atoms with Crippen LogP contribution in [-0.4, -0.2) is 37.0 Å². The number of carbonyl (C=O) groups is 1. The summed E-state index contributed by atoms with van der Waals surface area (Å²) in [5, 5.41) is 3.39. The predicted molar refractivity (Wildman–Crippen MR) is 65.2 cm³/mol. The zero-order valence-electron chi connectivity index (χ0n) is 10.8. The Morgan fingerprint density at radius 1 is 1.25 bits per heavy atom. The van der Waals surface area contributed by atoms with Gasteiger partial charge in [0.05, 0.1) is 0 Å². The van der Waals surface area contributed by atoms with Gasteiger partial charge >= 0.3 is 0 Å². The van der Waals surface area contributed by atoms with E-state index < -0.39 is 0 Å². The molecule has 0 aliphatic carbocycles. The molecule has 0 aromatic heterocycles. The van der Waals surface area contributed by atoms with Gasteiger partial charge in [0.25, 0.3) is 0 Å². The Hall–Kier alpha value is -0.570. The van der Waals surface area contributed by atoms with Gasteiger partial charge in [-0.05, 0) is 31.3 Å². The second-order valence-corrected chi connectivity index (χ2v) is 6.74. The molecule has 2 aliphatic heterocycles. The van der Waals surface area contributed by atoms with Gasteiger partial charge in [-0.1, -0.05) is 20.8 Å². The number of likely N-dealkylation sites (tertiary alicyclic amines) is 1. The predicted octanol–water partition coefficient (Wildman–Crippen LogP) is 1.63. The van der Waals surface area contributed by atoms with Crippen molar-refractivity contribution < 1.29 is 4.79 Å². The van der Waals surface area contributed by atoms with Gasteiger partial charge in [0.15, 0.2) is 0 Å². The van der Waals surface area contributed by atoms with Crippen molar-refractivity contribution in [1.29, 1.82) is 0 Å². The molecule has 16 heavy (non-hydrogen) atoms. The third kappa shape index (κ3) is 2.57. The monoisotopic (exact) mass is 224 g/mol. The van der Waals surface area contributed by atoms with E-state index in [4.69, 9.17) is 0 Å². The number of hydrogen-bond acceptors (Lipinski definition) is 2. The van der Waals surface area contributed by atoms with Gasteiger partial charge in [0.1, 0.15) is 0 Å². The standard InChI is InChI=1S/C13H24N2O/c1-12(2,3)8-11(16)15-9-13(10-15)4-6-14-7-5-13/h14H,4-10H2,1-3H3. The Balaban J connectivity index is 1.81. The average Bonchev–Trinajstić information content (AvgIpc) is 2.12. The van der Waals surface area contributed by atoms with Crippen LogP contribution >= 0.6 is 0 Å². The highest BCUT2D eigenvalue weighted by Crippen LogP contribution is 2.39. The average molecular weight is 224 g/mol. The molecule has 0 unspecified atom stereocenters. The van der Waals surface area contributed by atoms with Crippen molar-refractivity contribution in [3.05, 3.63) is 0 Å². The molecule has 1 amide bonds. The molecule has 2 aliphatic rings. The Morgan fingerprint density at radius 3 is 2.31 bits per heavy atom. The Morgan fingerprint density at radius 2 is 1.81 bits per heavy atom. The summed E-state index contributed by atoms with van der Waals surface area (Å²) in [5.41, 5.74) is 0.590. The van der Waals surface area contributed by atoms with Gasteiger partial charge in [-0.15, -0.1) is 0 Å². The first-order chi connectivity index (χ1) is 7.40. The highest BCUT2D eigenvalue weighted by atomic mass is 16.2. The van der Waals surface area contributed by atoms with Crippen molar-refractivity contribution in [1.82, 2.24) is 10.2 Å². The van der Waals surface area contributed by atoms with Crippen LogP contribution in [-0.2, 0) is 4.79 Å². The maximum Gasteiger partial charge on any atom is 0.223 e. The molecule has 0 bridgehead atoms. The number of rotatable bonds is 1. The van der Waals surface area contributed by atoms with E-state index in [1.807, 2.05) is 0 Å². The fourth-order valence-corrected chi connectivity index (χ4v) is 2.78. The fraction of sp³-hybridized carbons (Fsp3) is 0.923. The van der Waals surface area contributed by atoms with E-state index in [2.05, 4.69) is 31.0 Å². The van der Waals surface area contributed by atoms with Gasteiger partial charge in [0, 0.05) is 24.9 Å². The topological polar surface area (TPSA) is 32.3 Å². The van der Waals surface area contributed by atoms with Crippen LogP contribution in [0, 0.1) is 10.8 Å². The minimum atomic E-state index is 0.119. The van der Waals surface area contributed by atoms with Crippen molar-refractivity contribution in [3.63, 3.8) is 0 Å². The van der Waals surface area contributed by atoms with E-state index in [0.29, 0.717) is 17.7 Å². The molecule has 0 radical (unpaired) electrons. The lowest BCUT2D eigenvalue weighted by molar-refractivity contribution is -0.147. The second-order valence-electron chi connectivity index (χ2n) is 6.74. The first-order valence-corrected chi connectivity index (χ1v) is 6.39. The van der Waals surface area contributed by atoms with Crippen LogP contribution in [0.4, 0.5) is 0 Å². The first kappa shape index (κ1) is 11.9. The SMILES string of the molecule is CC(C)(C)CC(=O)N1CC2(CCNCC2)C1. The molecule has 3 heteroatoms. The minimum Gasteiger partial charge on any atom is -0.341 e. The summed E-state index contributed by atoms with van der Waals surface area (Å²) in [6.45, 7) is 10.6. The lowest BCUT2D eigenvalue weighted by atomic mass is 9.72.